The second-order valence-electron chi connectivity index (χ2n) is 8.12. The number of anilines is 1. The van der Waals surface area contributed by atoms with Gasteiger partial charge in [0.2, 0.25) is 0 Å². The van der Waals surface area contributed by atoms with Gasteiger partial charge in [-0.2, -0.15) is 0 Å². The first-order chi connectivity index (χ1) is 16.7. The number of urea groups is 1. The number of carbonyl (C=O) groups excluding carboxylic acids is 1. The van der Waals surface area contributed by atoms with Gasteiger partial charge in [0.05, 0.1) is 28.3 Å². The largest absolute Gasteiger partial charge is 0.322 e. The Morgan fingerprint density at radius 2 is 1.83 bits per heavy atom. The maximum atomic E-state index is 14.1. The van der Waals surface area contributed by atoms with Gasteiger partial charge < -0.3 is 10.2 Å². The summed E-state index contributed by atoms with van der Waals surface area (Å²) in [5.74, 6) is -1.33. The Balaban J connectivity index is 1.82. The van der Waals surface area contributed by atoms with E-state index in [-0.39, 0.29) is 17.8 Å². The zero-order valence-corrected chi connectivity index (χ0v) is 20.1. The van der Waals surface area contributed by atoms with E-state index in [0.29, 0.717) is 33.5 Å². The van der Waals surface area contributed by atoms with Gasteiger partial charge in [-0.05, 0) is 63.2 Å². The number of rotatable bonds is 5. The summed E-state index contributed by atoms with van der Waals surface area (Å²) in [6, 6.07) is 13.8. The van der Waals surface area contributed by atoms with Crippen LogP contribution in [0, 0.1) is 18.6 Å². The lowest BCUT2D eigenvalue weighted by molar-refractivity contribution is 0.193. The van der Waals surface area contributed by atoms with Gasteiger partial charge in [-0.1, -0.05) is 29.3 Å². The van der Waals surface area contributed by atoms with Gasteiger partial charge in [-0.15, -0.1) is 0 Å². The normalized spacial score (nSPS) is 11.9. The van der Waals surface area contributed by atoms with Crippen molar-refractivity contribution in [3.8, 4) is 5.69 Å². The summed E-state index contributed by atoms with van der Waals surface area (Å²) in [5, 5.41) is 3.28. The summed E-state index contributed by atoms with van der Waals surface area (Å²) in [5.41, 5.74) is 1.55. The molecule has 1 heterocycles. The lowest BCUT2D eigenvalue weighted by Gasteiger charge is -2.29. The molecule has 0 bridgehead atoms. The molecule has 180 valence electrons. The third-order valence-corrected chi connectivity index (χ3v) is 6.00. The van der Waals surface area contributed by atoms with Crippen LogP contribution < -0.4 is 10.9 Å². The molecule has 0 aliphatic heterocycles. The number of hydrogen-bond acceptors (Lipinski definition) is 3. The Hall–Kier alpha value is -3.78. The highest BCUT2D eigenvalue weighted by Crippen LogP contribution is 2.25. The smallest absolute Gasteiger partial charge is 0.315 e. The van der Waals surface area contributed by atoms with E-state index >= 15 is 0 Å². The van der Waals surface area contributed by atoms with Crippen molar-refractivity contribution in [2.45, 2.75) is 26.8 Å². The maximum absolute atomic E-state index is 14.1. The molecular weight excluding hydrogens is 474 g/mol. The minimum atomic E-state index is -0.892. The van der Waals surface area contributed by atoms with E-state index in [1.54, 1.807) is 44.2 Å². The first kappa shape index (κ1) is 24.3. The zero-order valence-electron chi connectivity index (χ0n) is 19.3. The summed E-state index contributed by atoms with van der Waals surface area (Å²) in [6.45, 7) is 5.65. The Morgan fingerprint density at radius 1 is 1.11 bits per heavy atom. The summed E-state index contributed by atoms with van der Waals surface area (Å²) >= 11 is 6.15. The van der Waals surface area contributed by atoms with Crippen LogP contribution in [0.3, 0.4) is 0 Å². The molecular formula is C26H23ClF2N4O2. The number of nitrogens with one attached hydrogen (secondary N) is 1. The number of nitrogens with zero attached hydrogens (tertiary/aromatic N) is 3. The minimum absolute atomic E-state index is 0.156. The second-order valence-corrected chi connectivity index (χ2v) is 8.56. The van der Waals surface area contributed by atoms with Crippen LogP contribution in [0.4, 0.5) is 19.3 Å². The summed E-state index contributed by atoms with van der Waals surface area (Å²) in [4.78, 5) is 32.8. The van der Waals surface area contributed by atoms with Gasteiger partial charge in [0, 0.05) is 17.6 Å². The predicted octanol–water partition coefficient (Wildman–Crippen LogP) is 6.24. The maximum Gasteiger partial charge on any atom is 0.322 e. The van der Waals surface area contributed by atoms with Gasteiger partial charge >= 0.3 is 6.03 Å². The Bertz CT molecular complexity index is 1470. The summed E-state index contributed by atoms with van der Waals surface area (Å²) in [7, 11) is 0. The van der Waals surface area contributed by atoms with Crippen LogP contribution in [0.2, 0.25) is 5.02 Å². The fraction of sp³-hybridized carbons (Fsp3) is 0.192. The van der Waals surface area contributed by atoms with Crippen molar-refractivity contribution in [3.05, 3.63) is 99.1 Å². The molecule has 0 fully saturated rings. The third-order valence-electron chi connectivity index (χ3n) is 5.77. The van der Waals surface area contributed by atoms with Crippen molar-refractivity contribution < 1.29 is 13.6 Å². The lowest BCUT2D eigenvalue weighted by Crippen LogP contribution is -2.40. The second kappa shape index (κ2) is 9.84. The van der Waals surface area contributed by atoms with Crippen LogP contribution in [0.5, 0.6) is 0 Å². The number of aryl methyl sites for hydroxylation is 1. The number of carbonyl (C=O) groups is 1. The van der Waals surface area contributed by atoms with Crippen molar-refractivity contribution in [1.82, 2.24) is 14.5 Å². The molecule has 1 aromatic heterocycles. The number of amides is 2. The fourth-order valence-electron chi connectivity index (χ4n) is 3.91. The predicted molar refractivity (Wildman–Crippen MR) is 133 cm³/mol. The number of halogens is 3. The van der Waals surface area contributed by atoms with Gasteiger partial charge in [0.1, 0.15) is 17.5 Å². The molecule has 4 rings (SSSR count). The average Bonchev–Trinajstić information content (AvgIpc) is 2.81. The zero-order chi connectivity index (χ0) is 25.3. The molecule has 1 unspecified atom stereocenters. The van der Waals surface area contributed by atoms with Gasteiger partial charge in [0.25, 0.3) is 5.56 Å². The molecule has 0 saturated heterocycles. The van der Waals surface area contributed by atoms with E-state index in [0.717, 1.165) is 17.7 Å². The Labute approximate surface area is 205 Å². The number of fused-ring (bicyclic) bond motifs is 1. The van der Waals surface area contributed by atoms with Crippen LogP contribution in [-0.2, 0) is 0 Å². The highest BCUT2D eigenvalue weighted by atomic mass is 35.5. The average molecular weight is 497 g/mol. The van der Waals surface area contributed by atoms with Crippen molar-refractivity contribution in [3.63, 3.8) is 0 Å². The van der Waals surface area contributed by atoms with Gasteiger partial charge in [0.15, 0.2) is 0 Å². The van der Waals surface area contributed by atoms with Crippen molar-refractivity contribution >= 4 is 34.2 Å². The molecule has 1 N–H and O–H groups in total. The minimum Gasteiger partial charge on any atom is -0.315 e. The van der Waals surface area contributed by atoms with E-state index in [4.69, 9.17) is 16.6 Å². The molecule has 0 spiro atoms. The quantitative estimate of drug-likeness (QED) is 0.355. The molecule has 3 aromatic carbocycles. The highest BCUT2D eigenvalue weighted by molar-refractivity contribution is 6.31. The number of benzene rings is 3. The number of aromatic nitrogens is 2. The Morgan fingerprint density at radius 3 is 2.49 bits per heavy atom. The molecule has 35 heavy (non-hydrogen) atoms. The third kappa shape index (κ3) is 4.88. The fourth-order valence-corrected chi connectivity index (χ4v) is 4.08. The topological polar surface area (TPSA) is 67.2 Å². The van der Waals surface area contributed by atoms with E-state index in [1.807, 2.05) is 19.1 Å². The molecule has 0 aliphatic carbocycles. The van der Waals surface area contributed by atoms with Crippen LogP contribution in [-0.4, -0.2) is 27.0 Å². The van der Waals surface area contributed by atoms with Crippen LogP contribution in [0.15, 0.2) is 65.5 Å². The van der Waals surface area contributed by atoms with E-state index < -0.39 is 23.7 Å². The SMILES string of the molecule is CCN(C(=O)Nc1ccc(F)cc1F)C(C)c1nc2cc(Cl)ccc2c(=O)n1-c1ccc(C)cc1. The lowest BCUT2D eigenvalue weighted by atomic mass is 10.1. The summed E-state index contributed by atoms with van der Waals surface area (Å²) < 4.78 is 28.9. The molecule has 6 nitrogen and oxygen atoms in total. The van der Waals surface area contributed by atoms with Gasteiger partial charge in [-0.25, -0.2) is 18.6 Å². The molecule has 9 heteroatoms. The van der Waals surface area contributed by atoms with Gasteiger partial charge in [-0.3, -0.25) is 9.36 Å². The van der Waals surface area contributed by atoms with E-state index in [2.05, 4.69) is 5.32 Å². The molecule has 0 radical (unpaired) electrons. The first-order valence-corrected chi connectivity index (χ1v) is 11.4. The van der Waals surface area contributed by atoms with Crippen molar-refractivity contribution in [2.75, 3.05) is 11.9 Å². The molecule has 1 atom stereocenters. The van der Waals surface area contributed by atoms with Crippen LogP contribution >= 0.6 is 11.6 Å². The molecule has 0 saturated carbocycles. The van der Waals surface area contributed by atoms with Crippen LogP contribution in [0.25, 0.3) is 16.6 Å². The van der Waals surface area contributed by atoms with Crippen molar-refractivity contribution in [2.24, 2.45) is 0 Å². The van der Waals surface area contributed by atoms with E-state index in [9.17, 15) is 18.4 Å². The standard InChI is InChI=1S/C26H23ClF2N4O2/c1-4-32(26(35)31-22-12-8-18(28)14-21(22)29)16(3)24-30-23-13-17(27)7-11-20(23)25(34)33(24)19-9-5-15(2)6-10-19/h5-14,16H,4H2,1-3H3,(H,31,35). The van der Waals surface area contributed by atoms with E-state index in [1.165, 1.54) is 9.47 Å². The monoisotopic (exact) mass is 496 g/mol. The molecule has 4 aromatic rings. The Kier molecular flexibility index (Phi) is 6.84. The molecule has 2 amide bonds. The highest BCUT2D eigenvalue weighted by Gasteiger charge is 2.26. The van der Waals surface area contributed by atoms with Crippen LogP contribution in [0.1, 0.15) is 31.3 Å². The summed E-state index contributed by atoms with van der Waals surface area (Å²) in [6.07, 6.45) is 0. The number of hydrogen-bond donors (Lipinski definition) is 1. The van der Waals surface area contributed by atoms with Crippen molar-refractivity contribution in [1.29, 1.82) is 0 Å². The molecule has 0 aliphatic rings. The first-order valence-electron chi connectivity index (χ1n) is 11.0.